The Kier molecular flexibility index (Phi) is 7.26. The summed E-state index contributed by atoms with van der Waals surface area (Å²) in [5.74, 6) is 0.0893. The summed E-state index contributed by atoms with van der Waals surface area (Å²) in [6, 6.07) is 8.38. The molecule has 1 amide bonds. The molecule has 0 fully saturated rings. The molecule has 0 aliphatic carbocycles. The summed E-state index contributed by atoms with van der Waals surface area (Å²) >= 11 is 0. The third kappa shape index (κ3) is 5.31. The standard InChI is InChI=1S/C16H27N3O/c1-4-15(5-2)18-16(20)12-19(3)11-14-9-7-6-8-13(14)10-17/h6-9,15H,4-5,10-12,17H2,1-3H3,(H,18,20). The Bertz CT molecular complexity index is 416. The number of nitrogens with one attached hydrogen (secondary N) is 1. The van der Waals surface area contributed by atoms with Gasteiger partial charge in [0.05, 0.1) is 6.54 Å². The van der Waals surface area contributed by atoms with E-state index in [2.05, 4.69) is 25.2 Å². The molecule has 0 aliphatic rings. The third-order valence-corrected chi connectivity index (χ3v) is 3.54. The van der Waals surface area contributed by atoms with E-state index in [1.807, 2.05) is 30.1 Å². The highest BCUT2D eigenvalue weighted by molar-refractivity contribution is 5.78. The molecule has 4 heteroatoms. The minimum absolute atomic E-state index is 0.0893. The Labute approximate surface area is 122 Å². The van der Waals surface area contributed by atoms with Crippen molar-refractivity contribution in [3.05, 3.63) is 35.4 Å². The smallest absolute Gasteiger partial charge is 0.234 e. The van der Waals surface area contributed by atoms with E-state index in [9.17, 15) is 4.79 Å². The molecular weight excluding hydrogens is 250 g/mol. The highest BCUT2D eigenvalue weighted by Crippen LogP contribution is 2.10. The summed E-state index contributed by atoms with van der Waals surface area (Å²) in [7, 11) is 1.96. The molecule has 112 valence electrons. The van der Waals surface area contributed by atoms with E-state index in [1.54, 1.807) is 0 Å². The van der Waals surface area contributed by atoms with Crippen LogP contribution in [0, 0.1) is 0 Å². The number of benzene rings is 1. The number of amides is 1. The summed E-state index contributed by atoms with van der Waals surface area (Å²) in [5.41, 5.74) is 8.06. The molecule has 0 radical (unpaired) electrons. The second-order valence-electron chi connectivity index (χ2n) is 5.23. The van der Waals surface area contributed by atoms with Crippen LogP contribution in [0.5, 0.6) is 0 Å². The van der Waals surface area contributed by atoms with Gasteiger partial charge in [-0.05, 0) is 31.0 Å². The van der Waals surface area contributed by atoms with Crippen molar-refractivity contribution in [3.8, 4) is 0 Å². The van der Waals surface area contributed by atoms with Crippen molar-refractivity contribution in [3.63, 3.8) is 0 Å². The van der Waals surface area contributed by atoms with Crippen molar-refractivity contribution >= 4 is 5.91 Å². The lowest BCUT2D eigenvalue weighted by atomic mass is 10.1. The molecule has 3 N–H and O–H groups in total. The molecule has 0 unspecified atom stereocenters. The second kappa shape index (κ2) is 8.72. The Hall–Kier alpha value is -1.39. The van der Waals surface area contributed by atoms with E-state index in [0.29, 0.717) is 13.1 Å². The second-order valence-corrected chi connectivity index (χ2v) is 5.23. The fourth-order valence-electron chi connectivity index (χ4n) is 2.27. The molecule has 4 nitrogen and oxygen atoms in total. The van der Waals surface area contributed by atoms with Crippen molar-refractivity contribution in [1.82, 2.24) is 10.2 Å². The maximum absolute atomic E-state index is 11.9. The fourth-order valence-corrected chi connectivity index (χ4v) is 2.27. The van der Waals surface area contributed by atoms with Gasteiger partial charge in [0.2, 0.25) is 5.91 Å². The first-order valence-electron chi connectivity index (χ1n) is 7.35. The van der Waals surface area contributed by atoms with E-state index < -0.39 is 0 Å². The third-order valence-electron chi connectivity index (χ3n) is 3.54. The van der Waals surface area contributed by atoms with Crippen LogP contribution in [0.15, 0.2) is 24.3 Å². The van der Waals surface area contributed by atoms with E-state index in [-0.39, 0.29) is 11.9 Å². The summed E-state index contributed by atoms with van der Waals surface area (Å²) in [6.45, 7) is 5.87. The van der Waals surface area contributed by atoms with Crippen molar-refractivity contribution in [2.75, 3.05) is 13.6 Å². The van der Waals surface area contributed by atoms with Gasteiger partial charge in [0.25, 0.3) is 0 Å². The molecule has 0 aromatic heterocycles. The molecule has 20 heavy (non-hydrogen) atoms. The van der Waals surface area contributed by atoms with Gasteiger partial charge in [-0.1, -0.05) is 38.1 Å². The monoisotopic (exact) mass is 277 g/mol. The van der Waals surface area contributed by atoms with Gasteiger partial charge in [-0.25, -0.2) is 0 Å². The molecule has 0 saturated carbocycles. The maximum atomic E-state index is 11.9. The van der Waals surface area contributed by atoms with Crippen LogP contribution < -0.4 is 11.1 Å². The topological polar surface area (TPSA) is 58.4 Å². The van der Waals surface area contributed by atoms with E-state index >= 15 is 0 Å². The predicted molar refractivity (Wildman–Crippen MR) is 83.2 cm³/mol. The van der Waals surface area contributed by atoms with Crippen LogP contribution in [-0.4, -0.2) is 30.4 Å². The van der Waals surface area contributed by atoms with Gasteiger partial charge in [-0.3, -0.25) is 9.69 Å². The Morgan fingerprint density at radius 1 is 1.25 bits per heavy atom. The lowest BCUT2D eigenvalue weighted by molar-refractivity contribution is -0.122. The maximum Gasteiger partial charge on any atom is 0.234 e. The molecule has 0 bridgehead atoms. The van der Waals surface area contributed by atoms with Crippen LogP contribution in [0.25, 0.3) is 0 Å². The lowest BCUT2D eigenvalue weighted by Crippen LogP contribution is -2.40. The van der Waals surface area contributed by atoms with Crippen molar-refractivity contribution in [2.45, 2.75) is 45.8 Å². The number of rotatable bonds is 8. The Balaban J connectivity index is 2.50. The zero-order chi connectivity index (χ0) is 15.0. The quantitative estimate of drug-likeness (QED) is 0.763. The number of likely N-dealkylation sites (N-methyl/N-ethyl adjacent to an activating group) is 1. The average Bonchev–Trinajstić information content (AvgIpc) is 2.45. The number of nitrogens with zero attached hydrogens (tertiary/aromatic N) is 1. The van der Waals surface area contributed by atoms with E-state index in [4.69, 9.17) is 5.73 Å². The van der Waals surface area contributed by atoms with Crippen LogP contribution in [-0.2, 0) is 17.9 Å². The van der Waals surface area contributed by atoms with Gasteiger partial charge in [0, 0.05) is 19.1 Å². The molecular formula is C16H27N3O. The molecule has 1 aromatic rings. The van der Waals surface area contributed by atoms with Gasteiger partial charge >= 0.3 is 0 Å². The fraction of sp³-hybridized carbons (Fsp3) is 0.562. The highest BCUT2D eigenvalue weighted by Gasteiger charge is 2.11. The lowest BCUT2D eigenvalue weighted by Gasteiger charge is -2.20. The molecule has 1 aromatic carbocycles. The molecule has 1 rings (SSSR count). The minimum Gasteiger partial charge on any atom is -0.352 e. The number of hydrogen-bond acceptors (Lipinski definition) is 3. The van der Waals surface area contributed by atoms with Crippen LogP contribution in [0.1, 0.15) is 37.8 Å². The van der Waals surface area contributed by atoms with Gasteiger partial charge in [-0.15, -0.1) is 0 Å². The highest BCUT2D eigenvalue weighted by atomic mass is 16.2. The van der Waals surface area contributed by atoms with E-state index in [0.717, 1.165) is 24.9 Å². The van der Waals surface area contributed by atoms with Gasteiger partial charge in [-0.2, -0.15) is 0 Å². The summed E-state index contributed by atoms with van der Waals surface area (Å²) in [5, 5.41) is 3.06. The molecule has 0 aliphatic heterocycles. The van der Waals surface area contributed by atoms with Gasteiger partial charge in [0.15, 0.2) is 0 Å². The zero-order valence-corrected chi connectivity index (χ0v) is 12.9. The number of hydrogen-bond donors (Lipinski definition) is 2. The normalized spacial score (nSPS) is 11.1. The van der Waals surface area contributed by atoms with Crippen molar-refractivity contribution in [1.29, 1.82) is 0 Å². The first-order chi connectivity index (χ1) is 9.60. The van der Waals surface area contributed by atoms with Crippen LogP contribution >= 0.6 is 0 Å². The average molecular weight is 277 g/mol. The van der Waals surface area contributed by atoms with Crippen molar-refractivity contribution in [2.24, 2.45) is 5.73 Å². The SMILES string of the molecule is CCC(CC)NC(=O)CN(C)Cc1ccccc1CN. The molecule has 0 atom stereocenters. The largest absolute Gasteiger partial charge is 0.352 e. The number of carbonyl (C=O) groups excluding carboxylic acids is 1. The zero-order valence-electron chi connectivity index (χ0n) is 12.9. The molecule has 0 saturated heterocycles. The van der Waals surface area contributed by atoms with Crippen LogP contribution in [0.2, 0.25) is 0 Å². The van der Waals surface area contributed by atoms with Crippen molar-refractivity contribution < 1.29 is 4.79 Å². The van der Waals surface area contributed by atoms with Gasteiger partial charge in [0.1, 0.15) is 0 Å². The van der Waals surface area contributed by atoms with Crippen LogP contribution in [0.3, 0.4) is 0 Å². The van der Waals surface area contributed by atoms with Crippen LogP contribution in [0.4, 0.5) is 0 Å². The first-order valence-corrected chi connectivity index (χ1v) is 7.35. The Morgan fingerprint density at radius 3 is 2.40 bits per heavy atom. The Morgan fingerprint density at radius 2 is 1.85 bits per heavy atom. The number of carbonyl (C=O) groups is 1. The minimum atomic E-state index is 0.0893. The summed E-state index contributed by atoms with van der Waals surface area (Å²) in [6.07, 6.45) is 1.95. The van der Waals surface area contributed by atoms with Gasteiger partial charge < -0.3 is 11.1 Å². The summed E-state index contributed by atoms with van der Waals surface area (Å²) < 4.78 is 0. The number of nitrogens with two attached hydrogens (primary N) is 1. The molecule has 0 spiro atoms. The first kappa shape index (κ1) is 16.7. The predicted octanol–water partition coefficient (Wildman–Crippen LogP) is 1.88. The summed E-state index contributed by atoms with van der Waals surface area (Å²) in [4.78, 5) is 14.0. The molecule has 0 heterocycles. The van der Waals surface area contributed by atoms with E-state index in [1.165, 1.54) is 5.56 Å².